The zero-order valence-electron chi connectivity index (χ0n) is 20.3. The lowest BCUT2D eigenvalue weighted by Gasteiger charge is -2.22. The van der Waals surface area contributed by atoms with Crippen molar-refractivity contribution < 1.29 is 4.74 Å². The number of allylic oxidation sites excluding steroid dienone is 2. The molecule has 0 amide bonds. The Kier molecular flexibility index (Phi) is 4.79. The van der Waals surface area contributed by atoms with Crippen LogP contribution in [-0.2, 0) is 0 Å². The lowest BCUT2D eigenvalue weighted by molar-refractivity contribution is 0.271. The Bertz CT molecular complexity index is 1920. The van der Waals surface area contributed by atoms with Gasteiger partial charge in [0, 0.05) is 42.4 Å². The molecule has 0 saturated heterocycles. The van der Waals surface area contributed by atoms with E-state index in [1.165, 1.54) is 25.7 Å². The number of nitrogens with zero attached hydrogens (tertiary/aromatic N) is 3. The third-order valence-corrected chi connectivity index (χ3v) is 8.55. The lowest BCUT2D eigenvalue weighted by Crippen LogP contribution is -2.20. The molecule has 6 aromatic rings. The Labute approximate surface area is 223 Å². The summed E-state index contributed by atoms with van der Waals surface area (Å²) in [5, 5.41) is 2.49. The summed E-state index contributed by atoms with van der Waals surface area (Å²) in [6.45, 7) is 0. The average molecular weight is 508 g/mol. The summed E-state index contributed by atoms with van der Waals surface area (Å²) in [7, 11) is 0. The highest BCUT2D eigenvalue weighted by molar-refractivity contribution is 7.26. The number of ether oxygens (including phenoxy) is 1. The number of para-hydroxylation sites is 1. The maximum absolute atomic E-state index is 6.29. The van der Waals surface area contributed by atoms with Gasteiger partial charge in [0.05, 0.1) is 5.92 Å². The summed E-state index contributed by atoms with van der Waals surface area (Å²) in [5.74, 6) is 3.00. The first kappa shape index (κ1) is 21.5. The average Bonchev–Trinajstić information content (AvgIpc) is 3.56. The molecule has 2 atom stereocenters. The number of benzene rings is 4. The van der Waals surface area contributed by atoms with Crippen LogP contribution in [0.15, 0.2) is 115 Å². The monoisotopic (exact) mass is 507 g/mol. The van der Waals surface area contributed by atoms with Crippen LogP contribution >= 0.6 is 11.3 Å². The van der Waals surface area contributed by atoms with E-state index in [1.54, 1.807) is 11.3 Å². The van der Waals surface area contributed by atoms with E-state index in [2.05, 4.69) is 85.0 Å². The van der Waals surface area contributed by atoms with E-state index in [-0.39, 0.29) is 12.0 Å². The molecule has 38 heavy (non-hydrogen) atoms. The molecule has 4 nitrogen and oxygen atoms in total. The van der Waals surface area contributed by atoms with Gasteiger partial charge in [0.2, 0.25) is 0 Å². The molecule has 1 aliphatic carbocycles. The molecule has 4 aromatic carbocycles. The van der Waals surface area contributed by atoms with Gasteiger partial charge in [-0.3, -0.25) is 0 Å². The number of thiophene rings is 1. The largest absolute Gasteiger partial charge is 0.485 e. The molecular weight excluding hydrogens is 486 g/mol. The first-order valence-corrected chi connectivity index (χ1v) is 13.5. The minimum atomic E-state index is -0.0705. The van der Waals surface area contributed by atoms with Crippen molar-refractivity contribution >= 4 is 37.1 Å². The fraction of sp³-hybridized carbons (Fsp3) is 0.0606. The standard InChI is InChI=1S/C33H21N3OS/c1-2-10-20(11-3-1)31-34-32(24-15-9-18-27-29(24)23-13-4-6-17-26(23)37-27)36-33(35-31)25-16-8-14-22-21-12-5-7-19-28(21)38-30(22)25/h1-19,27,29H. The number of rotatable bonds is 3. The van der Waals surface area contributed by atoms with Gasteiger partial charge in [-0.1, -0.05) is 91.0 Å². The fourth-order valence-electron chi connectivity index (χ4n) is 5.58. The summed E-state index contributed by atoms with van der Waals surface area (Å²) in [4.78, 5) is 15.2. The van der Waals surface area contributed by atoms with E-state index in [0.717, 1.165) is 22.4 Å². The van der Waals surface area contributed by atoms with Crippen molar-refractivity contribution in [1.29, 1.82) is 0 Å². The quantitative estimate of drug-likeness (QED) is 0.243. The van der Waals surface area contributed by atoms with Crippen molar-refractivity contribution in [2.75, 3.05) is 0 Å². The number of hydrogen-bond acceptors (Lipinski definition) is 5. The third kappa shape index (κ3) is 3.32. The normalized spacial score (nSPS) is 17.7. The molecule has 5 heteroatoms. The molecule has 3 heterocycles. The van der Waals surface area contributed by atoms with Crippen LogP contribution in [0.1, 0.15) is 17.3 Å². The molecule has 0 bridgehead atoms. The van der Waals surface area contributed by atoms with Crippen molar-refractivity contribution in [3.05, 3.63) is 127 Å². The minimum Gasteiger partial charge on any atom is -0.485 e. The molecule has 2 unspecified atom stereocenters. The zero-order chi connectivity index (χ0) is 25.1. The van der Waals surface area contributed by atoms with Gasteiger partial charge in [-0.05, 0) is 24.3 Å². The second-order valence-electron chi connectivity index (χ2n) is 9.56. The van der Waals surface area contributed by atoms with Crippen LogP contribution in [0, 0.1) is 0 Å². The van der Waals surface area contributed by atoms with Crippen LogP contribution in [0.2, 0.25) is 0 Å². The highest BCUT2D eigenvalue weighted by atomic mass is 32.1. The maximum Gasteiger partial charge on any atom is 0.165 e. The molecule has 0 radical (unpaired) electrons. The van der Waals surface area contributed by atoms with E-state index in [1.807, 2.05) is 30.3 Å². The van der Waals surface area contributed by atoms with Crippen molar-refractivity contribution in [2.24, 2.45) is 0 Å². The Morgan fingerprint density at radius 3 is 2.37 bits per heavy atom. The number of hydrogen-bond donors (Lipinski definition) is 0. The van der Waals surface area contributed by atoms with Crippen LogP contribution in [-0.4, -0.2) is 21.1 Å². The lowest BCUT2D eigenvalue weighted by atomic mass is 9.84. The van der Waals surface area contributed by atoms with Crippen molar-refractivity contribution in [3.8, 4) is 28.5 Å². The van der Waals surface area contributed by atoms with Crippen LogP contribution in [0.4, 0.5) is 0 Å². The summed E-state index contributed by atoms with van der Waals surface area (Å²) in [6, 6.07) is 33.4. The van der Waals surface area contributed by atoms with Crippen LogP contribution in [0.5, 0.6) is 5.75 Å². The highest BCUT2D eigenvalue weighted by Gasteiger charge is 2.38. The van der Waals surface area contributed by atoms with Gasteiger partial charge in [-0.25, -0.2) is 15.0 Å². The van der Waals surface area contributed by atoms with Gasteiger partial charge in [0.15, 0.2) is 17.5 Å². The van der Waals surface area contributed by atoms with E-state index < -0.39 is 0 Å². The molecule has 0 spiro atoms. The Balaban J connectivity index is 1.36. The summed E-state index contributed by atoms with van der Waals surface area (Å²) >= 11 is 1.79. The topological polar surface area (TPSA) is 47.9 Å². The molecule has 1 aliphatic heterocycles. The Hall–Kier alpha value is -4.61. The molecule has 0 fully saturated rings. The number of fused-ring (bicyclic) bond motifs is 6. The molecule has 180 valence electrons. The van der Waals surface area contributed by atoms with E-state index in [0.29, 0.717) is 17.5 Å². The predicted molar refractivity (Wildman–Crippen MR) is 154 cm³/mol. The minimum absolute atomic E-state index is 0.0372. The first-order chi connectivity index (χ1) is 18.8. The third-order valence-electron chi connectivity index (χ3n) is 7.33. The smallest absolute Gasteiger partial charge is 0.165 e. The van der Waals surface area contributed by atoms with Crippen LogP contribution in [0.3, 0.4) is 0 Å². The van der Waals surface area contributed by atoms with Crippen molar-refractivity contribution in [1.82, 2.24) is 15.0 Å². The second kappa shape index (κ2) is 8.47. The molecule has 8 rings (SSSR count). The van der Waals surface area contributed by atoms with Crippen molar-refractivity contribution in [2.45, 2.75) is 12.0 Å². The van der Waals surface area contributed by atoms with Gasteiger partial charge in [-0.2, -0.15) is 0 Å². The van der Waals surface area contributed by atoms with Gasteiger partial charge in [0.25, 0.3) is 0 Å². The molecule has 2 aliphatic rings. The second-order valence-corrected chi connectivity index (χ2v) is 10.6. The van der Waals surface area contributed by atoms with E-state index in [9.17, 15) is 0 Å². The highest BCUT2D eigenvalue weighted by Crippen LogP contribution is 2.47. The van der Waals surface area contributed by atoms with Crippen molar-refractivity contribution in [3.63, 3.8) is 0 Å². The zero-order valence-corrected chi connectivity index (χ0v) is 21.1. The first-order valence-electron chi connectivity index (χ1n) is 12.7. The maximum atomic E-state index is 6.29. The van der Waals surface area contributed by atoms with Crippen LogP contribution in [0.25, 0.3) is 48.5 Å². The van der Waals surface area contributed by atoms with E-state index in [4.69, 9.17) is 19.7 Å². The fourth-order valence-corrected chi connectivity index (χ4v) is 6.79. The van der Waals surface area contributed by atoms with Gasteiger partial charge < -0.3 is 4.74 Å². The van der Waals surface area contributed by atoms with E-state index >= 15 is 0 Å². The Morgan fingerprint density at radius 1 is 0.658 bits per heavy atom. The van der Waals surface area contributed by atoms with Crippen LogP contribution < -0.4 is 4.74 Å². The van der Waals surface area contributed by atoms with Gasteiger partial charge in [-0.15, -0.1) is 11.3 Å². The predicted octanol–water partition coefficient (Wildman–Crippen LogP) is 8.07. The molecule has 0 N–H and O–H groups in total. The summed E-state index contributed by atoms with van der Waals surface area (Å²) < 4.78 is 8.74. The number of aromatic nitrogens is 3. The van der Waals surface area contributed by atoms with Gasteiger partial charge >= 0.3 is 0 Å². The summed E-state index contributed by atoms with van der Waals surface area (Å²) in [6.07, 6.45) is 6.23. The molecule has 2 aromatic heterocycles. The molecular formula is C33H21N3OS. The van der Waals surface area contributed by atoms with Gasteiger partial charge in [0.1, 0.15) is 11.9 Å². The SMILES string of the molecule is C1=CC2Oc3ccccc3C2C(c2nc(-c3ccccc3)nc(-c3cccc4c3sc3ccccc34)n2)=C1. The summed E-state index contributed by atoms with van der Waals surface area (Å²) in [5.41, 5.74) is 4.21. The molecule has 0 saturated carbocycles. The Morgan fingerprint density at radius 2 is 1.42 bits per heavy atom.